The van der Waals surface area contributed by atoms with Crippen LogP contribution in [0.25, 0.3) is 0 Å². The van der Waals surface area contributed by atoms with E-state index in [1.54, 1.807) is 18.2 Å². The fraction of sp³-hybridized carbons (Fsp3) is 0.176. The first-order valence-electron chi connectivity index (χ1n) is 7.02. The molecule has 0 saturated carbocycles. The molecule has 2 amide bonds. The molecule has 1 aliphatic rings. The zero-order valence-corrected chi connectivity index (χ0v) is 12.2. The minimum absolute atomic E-state index is 0.0346. The Morgan fingerprint density at radius 3 is 2.77 bits per heavy atom. The van der Waals surface area contributed by atoms with Gasteiger partial charge < -0.3 is 10.1 Å². The number of amides is 2. The summed E-state index contributed by atoms with van der Waals surface area (Å²) < 4.78 is 5.42. The number of para-hydroxylation sites is 1. The maximum Gasteiger partial charge on any atom is 0.265 e. The number of benzene rings is 2. The number of hydrogen-bond donors (Lipinski definition) is 1. The average molecular weight is 296 g/mol. The van der Waals surface area contributed by atoms with Crippen molar-refractivity contribution in [3.8, 4) is 5.75 Å². The third kappa shape index (κ3) is 2.93. The van der Waals surface area contributed by atoms with Gasteiger partial charge in [-0.1, -0.05) is 24.3 Å². The van der Waals surface area contributed by atoms with Gasteiger partial charge >= 0.3 is 0 Å². The molecule has 1 heterocycles. The lowest BCUT2D eigenvalue weighted by atomic mass is 10.1. The smallest absolute Gasteiger partial charge is 0.265 e. The maximum absolute atomic E-state index is 12.2. The molecule has 2 aromatic carbocycles. The predicted molar refractivity (Wildman–Crippen MR) is 84.1 cm³/mol. The number of ether oxygens (including phenoxy) is 1. The molecule has 22 heavy (non-hydrogen) atoms. The molecule has 5 heteroatoms. The van der Waals surface area contributed by atoms with Crippen molar-refractivity contribution in [1.82, 2.24) is 0 Å². The second-order valence-electron chi connectivity index (χ2n) is 5.15. The summed E-state index contributed by atoms with van der Waals surface area (Å²) in [6.07, 6.45) is 0. The Bertz CT molecular complexity index is 713. The minimum Gasteiger partial charge on any atom is -0.482 e. The summed E-state index contributed by atoms with van der Waals surface area (Å²) in [6.45, 7) is 1.87. The van der Waals surface area contributed by atoms with Gasteiger partial charge in [0.15, 0.2) is 6.61 Å². The Morgan fingerprint density at radius 1 is 1.23 bits per heavy atom. The molecule has 112 valence electrons. The molecule has 1 aliphatic heterocycles. The number of aryl methyl sites for hydroxylation is 1. The van der Waals surface area contributed by atoms with Gasteiger partial charge in [0.05, 0.1) is 5.69 Å². The Kier molecular flexibility index (Phi) is 3.78. The van der Waals surface area contributed by atoms with Gasteiger partial charge in [-0.25, -0.2) is 0 Å². The molecule has 3 rings (SSSR count). The highest BCUT2D eigenvalue weighted by Crippen LogP contribution is 2.32. The van der Waals surface area contributed by atoms with Crippen LogP contribution in [0, 0.1) is 6.92 Å². The molecule has 0 unspecified atom stereocenters. The first-order valence-corrected chi connectivity index (χ1v) is 7.02. The Balaban J connectivity index is 1.77. The molecule has 0 bridgehead atoms. The first-order chi connectivity index (χ1) is 10.6. The van der Waals surface area contributed by atoms with Crippen LogP contribution in [-0.4, -0.2) is 25.0 Å². The normalized spacial score (nSPS) is 13.3. The summed E-state index contributed by atoms with van der Waals surface area (Å²) in [4.78, 5) is 25.7. The lowest BCUT2D eigenvalue weighted by Crippen LogP contribution is -2.43. The molecule has 0 aromatic heterocycles. The molecule has 0 fully saturated rings. The number of nitrogens with zero attached hydrogens (tertiary/aromatic N) is 1. The first kappa shape index (κ1) is 14.1. The third-order valence-corrected chi connectivity index (χ3v) is 3.42. The Hall–Kier alpha value is -2.82. The molecule has 0 spiro atoms. The summed E-state index contributed by atoms with van der Waals surface area (Å²) in [5, 5.41) is 2.78. The zero-order valence-electron chi connectivity index (χ0n) is 12.2. The molecule has 0 saturated heterocycles. The average Bonchev–Trinajstić information content (AvgIpc) is 2.51. The molecule has 0 radical (unpaired) electrons. The summed E-state index contributed by atoms with van der Waals surface area (Å²) in [5.74, 6) is 0.166. The highest BCUT2D eigenvalue weighted by molar-refractivity contribution is 6.04. The largest absolute Gasteiger partial charge is 0.482 e. The minimum atomic E-state index is -0.243. The molecule has 0 atom stereocenters. The van der Waals surface area contributed by atoms with E-state index in [2.05, 4.69) is 5.32 Å². The van der Waals surface area contributed by atoms with Gasteiger partial charge in [-0.2, -0.15) is 0 Å². The van der Waals surface area contributed by atoms with Gasteiger partial charge in [0.2, 0.25) is 5.91 Å². The third-order valence-electron chi connectivity index (χ3n) is 3.42. The lowest BCUT2D eigenvalue weighted by Gasteiger charge is -2.29. The standard InChI is InChI=1S/C17H16N2O3/c1-12-7-8-14-15(9-12)22-11-17(21)19(14)10-16(20)18-13-5-3-2-4-6-13/h2-9H,10-11H2,1H3,(H,18,20). The van der Waals surface area contributed by atoms with Crippen LogP contribution in [0.4, 0.5) is 11.4 Å². The van der Waals surface area contributed by atoms with Crippen molar-refractivity contribution in [2.45, 2.75) is 6.92 Å². The number of rotatable bonds is 3. The van der Waals surface area contributed by atoms with E-state index in [1.165, 1.54) is 4.90 Å². The van der Waals surface area contributed by atoms with Crippen molar-refractivity contribution in [2.24, 2.45) is 0 Å². The summed E-state index contributed by atoms with van der Waals surface area (Å²) >= 11 is 0. The maximum atomic E-state index is 12.2. The summed E-state index contributed by atoms with van der Waals surface area (Å²) in [5.41, 5.74) is 2.38. The number of fused-ring (bicyclic) bond motifs is 1. The highest BCUT2D eigenvalue weighted by Gasteiger charge is 2.27. The molecular formula is C17H16N2O3. The number of hydrogen-bond acceptors (Lipinski definition) is 3. The van der Waals surface area contributed by atoms with Crippen LogP contribution in [0.15, 0.2) is 48.5 Å². The summed E-state index contributed by atoms with van der Waals surface area (Å²) in [7, 11) is 0. The molecule has 1 N–H and O–H groups in total. The number of nitrogens with one attached hydrogen (secondary N) is 1. The van der Waals surface area contributed by atoms with E-state index in [0.717, 1.165) is 5.56 Å². The van der Waals surface area contributed by atoms with Crippen molar-refractivity contribution in [2.75, 3.05) is 23.4 Å². The predicted octanol–water partition coefficient (Wildman–Crippen LogP) is 2.36. The van der Waals surface area contributed by atoms with Gasteiger partial charge in [-0.05, 0) is 36.8 Å². The Labute approximate surface area is 128 Å². The monoisotopic (exact) mass is 296 g/mol. The van der Waals surface area contributed by atoms with E-state index < -0.39 is 0 Å². The summed E-state index contributed by atoms with van der Waals surface area (Å²) in [6, 6.07) is 14.7. The number of anilines is 2. The van der Waals surface area contributed by atoms with Gasteiger partial charge in [0, 0.05) is 5.69 Å². The van der Waals surface area contributed by atoms with E-state index >= 15 is 0 Å². The van der Waals surface area contributed by atoms with Crippen LogP contribution in [0.3, 0.4) is 0 Å². The highest BCUT2D eigenvalue weighted by atomic mass is 16.5. The second kappa shape index (κ2) is 5.89. The van der Waals surface area contributed by atoms with Crippen LogP contribution in [0.2, 0.25) is 0 Å². The zero-order chi connectivity index (χ0) is 15.5. The van der Waals surface area contributed by atoms with Crippen molar-refractivity contribution in [3.63, 3.8) is 0 Å². The molecule has 5 nitrogen and oxygen atoms in total. The van der Waals surface area contributed by atoms with E-state index in [1.807, 2.05) is 37.3 Å². The van der Waals surface area contributed by atoms with Crippen LogP contribution in [0.1, 0.15) is 5.56 Å². The van der Waals surface area contributed by atoms with Crippen molar-refractivity contribution >= 4 is 23.2 Å². The molecular weight excluding hydrogens is 280 g/mol. The fourth-order valence-corrected chi connectivity index (χ4v) is 2.35. The SMILES string of the molecule is Cc1ccc2c(c1)OCC(=O)N2CC(=O)Nc1ccccc1. The van der Waals surface area contributed by atoms with Crippen LogP contribution >= 0.6 is 0 Å². The van der Waals surface area contributed by atoms with Gasteiger partial charge in [0.1, 0.15) is 12.3 Å². The van der Waals surface area contributed by atoms with Crippen LogP contribution < -0.4 is 15.0 Å². The molecule has 2 aromatic rings. The van der Waals surface area contributed by atoms with Crippen molar-refractivity contribution in [3.05, 3.63) is 54.1 Å². The topological polar surface area (TPSA) is 58.6 Å². The van der Waals surface area contributed by atoms with E-state index in [-0.39, 0.29) is 25.0 Å². The van der Waals surface area contributed by atoms with E-state index in [9.17, 15) is 9.59 Å². The van der Waals surface area contributed by atoms with Gasteiger partial charge in [-0.3, -0.25) is 14.5 Å². The number of carbonyl (C=O) groups is 2. The van der Waals surface area contributed by atoms with Crippen molar-refractivity contribution < 1.29 is 14.3 Å². The Morgan fingerprint density at radius 2 is 2.00 bits per heavy atom. The van der Waals surface area contributed by atoms with E-state index in [4.69, 9.17) is 4.74 Å². The quantitative estimate of drug-likeness (QED) is 0.946. The van der Waals surface area contributed by atoms with Crippen molar-refractivity contribution in [1.29, 1.82) is 0 Å². The molecule has 0 aliphatic carbocycles. The second-order valence-corrected chi connectivity index (χ2v) is 5.15. The van der Waals surface area contributed by atoms with Gasteiger partial charge in [0.25, 0.3) is 5.91 Å². The van der Waals surface area contributed by atoms with Gasteiger partial charge in [-0.15, -0.1) is 0 Å². The fourth-order valence-electron chi connectivity index (χ4n) is 2.35. The number of carbonyl (C=O) groups excluding carboxylic acids is 2. The lowest BCUT2D eigenvalue weighted by molar-refractivity contribution is -0.123. The van der Waals surface area contributed by atoms with Crippen LogP contribution in [-0.2, 0) is 9.59 Å². The van der Waals surface area contributed by atoms with Crippen LogP contribution in [0.5, 0.6) is 5.75 Å². The van der Waals surface area contributed by atoms with E-state index in [0.29, 0.717) is 17.1 Å².